The fourth-order valence-electron chi connectivity index (χ4n) is 3.72. The monoisotopic (exact) mass is 365 g/mol. The molecule has 5 heteroatoms. The molecule has 27 heavy (non-hydrogen) atoms. The number of likely N-dealkylation sites (tertiary alicyclic amines) is 1. The molecule has 1 unspecified atom stereocenters. The Bertz CT molecular complexity index is 878. The van der Waals surface area contributed by atoms with E-state index >= 15 is 0 Å². The van der Waals surface area contributed by atoms with Crippen molar-refractivity contribution in [3.8, 4) is 5.69 Å². The van der Waals surface area contributed by atoms with Crippen molar-refractivity contribution in [1.29, 1.82) is 0 Å². The van der Waals surface area contributed by atoms with E-state index < -0.39 is 0 Å². The minimum absolute atomic E-state index is 0.0684. The van der Waals surface area contributed by atoms with Gasteiger partial charge in [0.25, 0.3) is 0 Å². The third kappa shape index (κ3) is 4.13. The van der Waals surface area contributed by atoms with Gasteiger partial charge in [-0.2, -0.15) is 0 Å². The second-order valence-electron chi connectivity index (χ2n) is 7.36. The first-order valence-electron chi connectivity index (χ1n) is 9.39. The summed E-state index contributed by atoms with van der Waals surface area (Å²) in [7, 11) is 0. The predicted molar refractivity (Wildman–Crippen MR) is 108 cm³/mol. The highest BCUT2D eigenvalue weighted by Crippen LogP contribution is 2.23. The van der Waals surface area contributed by atoms with Gasteiger partial charge in [-0.1, -0.05) is 17.7 Å². The molecule has 1 saturated heterocycles. The van der Waals surface area contributed by atoms with E-state index in [-0.39, 0.29) is 17.7 Å². The number of nitrogens with two attached hydrogens (primary N) is 1. The molecule has 1 aromatic carbocycles. The van der Waals surface area contributed by atoms with E-state index in [0.29, 0.717) is 13.1 Å². The summed E-state index contributed by atoms with van der Waals surface area (Å²) in [6.45, 7) is 7.29. The first-order valence-corrected chi connectivity index (χ1v) is 9.39. The number of hydrogen-bond acceptors (Lipinski definition) is 2. The van der Waals surface area contributed by atoms with E-state index in [0.717, 1.165) is 35.5 Å². The van der Waals surface area contributed by atoms with Crippen LogP contribution in [-0.4, -0.2) is 34.4 Å². The molecule has 0 radical (unpaired) electrons. The second-order valence-corrected chi connectivity index (χ2v) is 7.36. The number of piperidine rings is 1. The number of nitrogens with zero attached hydrogens (tertiary/aromatic N) is 2. The first kappa shape index (κ1) is 19.0. The molecule has 0 saturated carbocycles. The molecule has 1 aliphatic rings. The van der Waals surface area contributed by atoms with Crippen molar-refractivity contribution >= 4 is 17.9 Å². The van der Waals surface area contributed by atoms with Crippen LogP contribution in [0.1, 0.15) is 35.4 Å². The van der Waals surface area contributed by atoms with Crippen molar-refractivity contribution in [2.45, 2.75) is 33.6 Å². The van der Waals surface area contributed by atoms with Crippen LogP contribution in [0.5, 0.6) is 0 Å². The summed E-state index contributed by atoms with van der Waals surface area (Å²) in [6, 6.07) is 10.5. The maximum Gasteiger partial charge on any atom is 0.246 e. The molecule has 2 heterocycles. The van der Waals surface area contributed by atoms with Crippen LogP contribution in [0.15, 0.2) is 36.4 Å². The topological polar surface area (TPSA) is 68.3 Å². The quantitative estimate of drug-likeness (QED) is 0.846. The van der Waals surface area contributed by atoms with Crippen LogP contribution in [0.3, 0.4) is 0 Å². The van der Waals surface area contributed by atoms with Crippen molar-refractivity contribution in [3.63, 3.8) is 0 Å². The third-order valence-electron chi connectivity index (χ3n) is 5.30. The standard InChI is InChI=1S/C22H27N3O2/c1-15-6-9-20(10-7-15)25-16(2)13-18(17(25)3)8-11-21(26)24-12-4-5-19(14-24)22(23)27/h6-11,13,19H,4-5,12,14H2,1-3H3,(H2,23,27)/b11-8+. The third-order valence-corrected chi connectivity index (χ3v) is 5.30. The van der Waals surface area contributed by atoms with Gasteiger partial charge >= 0.3 is 0 Å². The number of carbonyl (C=O) groups excluding carboxylic acids is 2. The van der Waals surface area contributed by atoms with E-state index in [1.165, 1.54) is 5.56 Å². The van der Waals surface area contributed by atoms with Crippen LogP contribution in [-0.2, 0) is 9.59 Å². The molecular weight excluding hydrogens is 338 g/mol. The van der Waals surface area contributed by atoms with Crippen molar-refractivity contribution < 1.29 is 9.59 Å². The zero-order valence-electron chi connectivity index (χ0n) is 16.2. The van der Waals surface area contributed by atoms with Gasteiger partial charge in [0.2, 0.25) is 11.8 Å². The highest BCUT2D eigenvalue weighted by Gasteiger charge is 2.25. The van der Waals surface area contributed by atoms with Crippen LogP contribution >= 0.6 is 0 Å². The van der Waals surface area contributed by atoms with Crippen LogP contribution < -0.4 is 5.73 Å². The molecule has 1 aliphatic heterocycles. The van der Waals surface area contributed by atoms with Gasteiger partial charge < -0.3 is 15.2 Å². The number of aromatic nitrogens is 1. The predicted octanol–water partition coefficient (Wildman–Crippen LogP) is 3.14. The fourth-order valence-corrected chi connectivity index (χ4v) is 3.72. The van der Waals surface area contributed by atoms with Gasteiger partial charge in [-0.15, -0.1) is 0 Å². The van der Waals surface area contributed by atoms with Gasteiger partial charge in [-0.3, -0.25) is 9.59 Å². The summed E-state index contributed by atoms with van der Waals surface area (Å²) in [5.41, 5.74) is 11.0. The summed E-state index contributed by atoms with van der Waals surface area (Å²) < 4.78 is 2.19. The molecular formula is C22H27N3O2. The van der Waals surface area contributed by atoms with Crippen LogP contribution in [0.25, 0.3) is 11.8 Å². The number of hydrogen-bond donors (Lipinski definition) is 1. The molecule has 2 amide bonds. The summed E-state index contributed by atoms with van der Waals surface area (Å²) in [6.07, 6.45) is 5.05. The lowest BCUT2D eigenvalue weighted by Crippen LogP contribution is -2.43. The van der Waals surface area contributed by atoms with E-state index in [9.17, 15) is 9.59 Å². The molecule has 0 bridgehead atoms. The molecule has 142 valence electrons. The molecule has 2 N–H and O–H groups in total. The van der Waals surface area contributed by atoms with E-state index in [1.54, 1.807) is 11.0 Å². The van der Waals surface area contributed by atoms with Crippen LogP contribution in [0.2, 0.25) is 0 Å². The lowest BCUT2D eigenvalue weighted by molar-refractivity contribution is -0.130. The molecule has 1 fully saturated rings. The summed E-state index contributed by atoms with van der Waals surface area (Å²) in [5, 5.41) is 0. The van der Waals surface area contributed by atoms with E-state index in [1.807, 2.05) is 6.08 Å². The van der Waals surface area contributed by atoms with Crippen molar-refractivity contribution in [2.24, 2.45) is 11.7 Å². The lowest BCUT2D eigenvalue weighted by atomic mass is 9.97. The lowest BCUT2D eigenvalue weighted by Gasteiger charge is -2.30. The number of primary amides is 1. The van der Waals surface area contributed by atoms with Gasteiger partial charge in [-0.25, -0.2) is 0 Å². The smallest absolute Gasteiger partial charge is 0.246 e. The number of carbonyl (C=O) groups is 2. The largest absolute Gasteiger partial charge is 0.369 e. The van der Waals surface area contributed by atoms with Crippen LogP contribution in [0.4, 0.5) is 0 Å². The number of benzene rings is 1. The fraction of sp³-hybridized carbons (Fsp3) is 0.364. The Morgan fingerprint density at radius 2 is 1.85 bits per heavy atom. The molecule has 1 atom stereocenters. The summed E-state index contributed by atoms with van der Waals surface area (Å²) in [5.74, 6) is -0.623. The normalized spacial score (nSPS) is 17.4. The number of rotatable bonds is 4. The van der Waals surface area contributed by atoms with Crippen molar-refractivity contribution in [1.82, 2.24) is 9.47 Å². The highest BCUT2D eigenvalue weighted by molar-refractivity contribution is 5.92. The summed E-state index contributed by atoms with van der Waals surface area (Å²) >= 11 is 0. The zero-order valence-corrected chi connectivity index (χ0v) is 16.2. The molecule has 0 aliphatic carbocycles. The van der Waals surface area contributed by atoms with E-state index in [2.05, 4.69) is 55.7 Å². The molecule has 2 aromatic rings. The zero-order chi connectivity index (χ0) is 19.6. The number of amides is 2. The van der Waals surface area contributed by atoms with Crippen LogP contribution in [0, 0.1) is 26.7 Å². The average Bonchev–Trinajstić information content (AvgIpc) is 2.94. The molecule has 3 rings (SSSR count). The first-order chi connectivity index (χ1) is 12.9. The maximum absolute atomic E-state index is 12.5. The summed E-state index contributed by atoms with van der Waals surface area (Å²) in [4.78, 5) is 25.7. The Labute approximate surface area is 160 Å². The van der Waals surface area contributed by atoms with Gasteiger partial charge in [0.1, 0.15) is 0 Å². The van der Waals surface area contributed by atoms with Gasteiger partial charge in [0.05, 0.1) is 5.92 Å². The Kier molecular flexibility index (Phi) is 5.49. The molecule has 0 spiro atoms. The van der Waals surface area contributed by atoms with Gasteiger partial charge in [-0.05, 0) is 63.5 Å². The van der Waals surface area contributed by atoms with Gasteiger partial charge in [0, 0.05) is 36.2 Å². The van der Waals surface area contributed by atoms with Gasteiger partial charge in [0.15, 0.2) is 0 Å². The highest BCUT2D eigenvalue weighted by atomic mass is 16.2. The average molecular weight is 365 g/mol. The Morgan fingerprint density at radius 1 is 1.15 bits per heavy atom. The minimum Gasteiger partial charge on any atom is -0.369 e. The molecule has 1 aromatic heterocycles. The SMILES string of the molecule is Cc1ccc(-n2c(C)cc(/C=C/C(=O)N3CCCC(C(N)=O)C3)c2C)cc1. The van der Waals surface area contributed by atoms with Crippen molar-refractivity contribution in [3.05, 3.63) is 58.9 Å². The Hall–Kier alpha value is -2.82. The molecule has 5 nitrogen and oxygen atoms in total. The Balaban J connectivity index is 1.77. The number of aryl methyl sites for hydroxylation is 2. The second kappa shape index (κ2) is 7.82. The van der Waals surface area contributed by atoms with Crippen molar-refractivity contribution in [2.75, 3.05) is 13.1 Å². The maximum atomic E-state index is 12.5. The minimum atomic E-state index is -0.321. The van der Waals surface area contributed by atoms with E-state index in [4.69, 9.17) is 5.73 Å². The Morgan fingerprint density at radius 3 is 2.52 bits per heavy atom.